The van der Waals surface area contributed by atoms with E-state index in [1.165, 1.54) is 0 Å². The minimum Gasteiger partial charge on any atom is -0.444 e. The van der Waals surface area contributed by atoms with E-state index in [9.17, 15) is 32.3 Å². The van der Waals surface area contributed by atoms with E-state index in [0.717, 1.165) is 25.7 Å². The molecule has 2 aliphatic rings. The summed E-state index contributed by atoms with van der Waals surface area (Å²) in [5, 5.41) is 10.7. The number of methoxy groups -OCH3 is 2. The van der Waals surface area contributed by atoms with Crippen LogP contribution in [0.2, 0.25) is 0 Å². The van der Waals surface area contributed by atoms with Gasteiger partial charge in [-0.2, -0.15) is 13.2 Å². The Bertz CT molecular complexity index is 951. The molecule has 49 heavy (non-hydrogen) atoms. The van der Waals surface area contributed by atoms with Crippen LogP contribution in [0.1, 0.15) is 85.0 Å². The van der Waals surface area contributed by atoms with E-state index in [-0.39, 0.29) is 36.3 Å². The maximum Gasteiger partial charge on any atom is 0.471 e. The van der Waals surface area contributed by atoms with E-state index in [0.29, 0.717) is 90.8 Å². The lowest BCUT2D eigenvalue weighted by Crippen LogP contribution is -2.45. The highest BCUT2D eigenvalue weighted by atomic mass is 19.4. The summed E-state index contributed by atoms with van der Waals surface area (Å²) in [5.74, 6) is -1.28. The van der Waals surface area contributed by atoms with Crippen molar-refractivity contribution in [2.24, 2.45) is 11.8 Å². The predicted molar refractivity (Wildman–Crippen MR) is 176 cm³/mol. The SMILES string of the molecule is COCCOCCC(=O)NCC1CCC(NC(=O)C(F)(F)F)CC1.COCCOCCC(=O)NCC1CCC(NC(=O)OC(C)(C)C)CC1. The zero-order chi connectivity index (χ0) is 36.7. The Labute approximate surface area is 288 Å². The molecule has 0 aromatic heterocycles. The van der Waals surface area contributed by atoms with E-state index < -0.39 is 23.7 Å². The Kier molecular flexibility index (Phi) is 22.1. The summed E-state index contributed by atoms with van der Waals surface area (Å²) in [7, 11) is 3.19. The first-order chi connectivity index (χ1) is 23.1. The summed E-state index contributed by atoms with van der Waals surface area (Å²) < 4.78 is 62.0. The molecule has 0 heterocycles. The van der Waals surface area contributed by atoms with Gasteiger partial charge in [0, 0.05) is 52.2 Å². The van der Waals surface area contributed by atoms with Crippen LogP contribution in [0.25, 0.3) is 0 Å². The standard InChI is InChI=1S/C18H34N2O5.C15H25F3N2O4/c1-18(2,3)25-17(22)20-15-7-5-14(6-8-15)13-19-16(21)9-10-24-12-11-23-4;1-23-8-9-24-7-6-13(21)19-10-11-2-4-12(5-3-11)20-14(22)15(16,17)18/h14-15H,5-13H2,1-4H3,(H,19,21)(H,20,22);11-12H,2-10H2,1H3,(H,19,21)(H,20,22). The van der Waals surface area contributed by atoms with Crippen molar-refractivity contribution in [1.82, 2.24) is 21.3 Å². The molecule has 0 aromatic rings. The number of rotatable bonds is 18. The van der Waals surface area contributed by atoms with Crippen molar-refractivity contribution in [3.05, 3.63) is 0 Å². The molecular weight excluding hydrogens is 653 g/mol. The smallest absolute Gasteiger partial charge is 0.444 e. The molecule has 0 unspecified atom stereocenters. The fraction of sp³-hybridized carbons (Fsp3) is 0.879. The monoisotopic (exact) mass is 712 g/mol. The molecule has 0 atom stereocenters. The lowest BCUT2D eigenvalue weighted by Gasteiger charge is -2.30. The van der Waals surface area contributed by atoms with Gasteiger partial charge >= 0.3 is 18.2 Å². The Balaban J connectivity index is 0.000000490. The molecule has 2 fully saturated rings. The molecule has 0 spiro atoms. The second-order valence-electron chi connectivity index (χ2n) is 13.4. The first-order valence-corrected chi connectivity index (χ1v) is 17.2. The molecule has 4 amide bonds. The first kappa shape index (κ1) is 44.3. The van der Waals surface area contributed by atoms with Crippen molar-refractivity contribution < 1.29 is 56.0 Å². The lowest BCUT2D eigenvalue weighted by molar-refractivity contribution is -0.174. The van der Waals surface area contributed by atoms with E-state index in [2.05, 4.69) is 16.0 Å². The third kappa shape index (κ3) is 23.4. The van der Waals surface area contributed by atoms with Crippen molar-refractivity contribution in [3.8, 4) is 0 Å². The largest absolute Gasteiger partial charge is 0.471 e. The van der Waals surface area contributed by atoms with Crippen LogP contribution in [0.3, 0.4) is 0 Å². The Hall–Kier alpha value is -2.69. The maximum absolute atomic E-state index is 12.2. The number of carbonyl (C=O) groups is 4. The summed E-state index contributed by atoms with van der Waals surface area (Å²) in [6.45, 7) is 9.48. The summed E-state index contributed by atoms with van der Waals surface area (Å²) in [5.41, 5.74) is -0.473. The van der Waals surface area contributed by atoms with Crippen LogP contribution in [-0.2, 0) is 38.1 Å². The van der Waals surface area contributed by atoms with Gasteiger partial charge in [0.25, 0.3) is 0 Å². The number of alkyl carbamates (subject to hydrolysis) is 1. The number of ether oxygens (including phenoxy) is 5. The van der Waals surface area contributed by atoms with E-state index in [4.69, 9.17) is 23.7 Å². The van der Waals surface area contributed by atoms with Crippen molar-refractivity contribution in [3.63, 3.8) is 0 Å². The highest BCUT2D eigenvalue weighted by Gasteiger charge is 2.40. The summed E-state index contributed by atoms with van der Waals surface area (Å²) in [6, 6.07) is -0.281. The van der Waals surface area contributed by atoms with Crippen molar-refractivity contribution in [2.75, 3.05) is 67.0 Å². The fourth-order valence-electron chi connectivity index (χ4n) is 5.27. The fourth-order valence-corrected chi connectivity index (χ4v) is 5.27. The normalized spacial score (nSPS) is 21.1. The molecule has 0 saturated heterocycles. The molecule has 2 rings (SSSR count). The number of alkyl halides is 3. The van der Waals surface area contributed by atoms with Crippen LogP contribution in [-0.4, -0.2) is 115 Å². The third-order valence-corrected chi connectivity index (χ3v) is 7.99. The molecule has 0 radical (unpaired) electrons. The Morgan fingerprint density at radius 3 is 1.39 bits per heavy atom. The van der Waals surface area contributed by atoms with Gasteiger partial charge in [-0.3, -0.25) is 14.4 Å². The van der Waals surface area contributed by atoms with Gasteiger partial charge in [-0.25, -0.2) is 4.79 Å². The average Bonchev–Trinajstić information content (AvgIpc) is 3.03. The van der Waals surface area contributed by atoms with Gasteiger partial charge in [0.2, 0.25) is 11.8 Å². The van der Waals surface area contributed by atoms with Crippen LogP contribution in [0.15, 0.2) is 0 Å². The molecular formula is C33H59F3N4O9. The first-order valence-electron chi connectivity index (χ1n) is 17.2. The average molecular weight is 713 g/mol. The second kappa shape index (κ2) is 24.5. The molecule has 2 saturated carbocycles. The number of halogens is 3. The van der Waals surface area contributed by atoms with Gasteiger partial charge in [0.1, 0.15) is 5.60 Å². The number of hydrogen-bond acceptors (Lipinski definition) is 9. The van der Waals surface area contributed by atoms with Crippen molar-refractivity contribution >= 4 is 23.8 Å². The lowest BCUT2D eigenvalue weighted by atomic mass is 9.86. The molecule has 4 N–H and O–H groups in total. The zero-order valence-electron chi connectivity index (χ0n) is 29.8. The minimum atomic E-state index is -4.84. The molecule has 0 aliphatic heterocycles. The summed E-state index contributed by atoms with van der Waals surface area (Å²) in [4.78, 5) is 46.1. The summed E-state index contributed by atoms with van der Waals surface area (Å²) >= 11 is 0. The van der Waals surface area contributed by atoms with Gasteiger partial charge < -0.3 is 45.0 Å². The van der Waals surface area contributed by atoms with E-state index in [1.807, 2.05) is 26.1 Å². The van der Waals surface area contributed by atoms with Crippen LogP contribution in [0.4, 0.5) is 18.0 Å². The minimum absolute atomic E-state index is 0.0198. The van der Waals surface area contributed by atoms with Crippen LogP contribution in [0.5, 0.6) is 0 Å². The van der Waals surface area contributed by atoms with Gasteiger partial charge in [0.05, 0.1) is 39.6 Å². The van der Waals surface area contributed by atoms with Crippen LogP contribution in [0, 0.1) is 11.8 Å². The van der Waals surface area contributed by atoms with Gasteiger partial charge in [-0.1, -0.05) is 0 Å². The molecule has 0 bridgehead atoms. The highest BCUT2D eigenvalue weighted by Crippen LogP contribution is 2.26. The third-order valence-electron chi connectivity index (χ3n) is 7.99. The Morgan fingerprint density at radius 2 is 1.02 bits per heavy atom. The van der Waals surface area contributed by atoms with E-state index >= 15 is 0 Å². The van der Waals surface area contributed by atoms with Crippen molar-refractivity contribution in [1.29, 1.82) is 0 Å². The zero-order valence-corrected chi connectivity index (χ0v) is 29.8. The molecule has 286 valence electrons. The molecule has 13 nitrogen and oxygen atoms in total. The van der Waals surface area contributed by atoms with Gasteiger partial charge in [0.15, 0.2) is 0 Å². The quantitative estimate of drug-likeness (QED) is 0.156. The summed E-state index contributed by atoms with van der Waals surface area (Å²) in [6.07, 6.45) is 1.59. The molecule has 0 aromatic carbocycles. The highest BCUT2D eigenvalue weighted by molar-refractivity contribution is 5.82. The molecule has 16 heteroatoms. The van der Waals surface area contributed by atoms with E-state index in [1.54, 1.807) is 14.2 Å². The van der Waals surface area contributed by atoms with Gasteiger partial charge in [-0.05, 0) is 84.0 Å². The van der Waals surface area contributed by atoms with Crippen LogP contribution < -0.4 is 21.3 Å². The number of nitrogens with one attached hydrogen (secondary N) is 4. The number of carbonyl (C=O) groups excluding carboxylic acids is 4. The second-order valence-corrected chi connectivity index (χ2v) is 13.4. The van der Waals surface area contributed by atoms with Crippen molar-refractivity contribution in [2.45, 2.75) is 109 Å². The Morgan fingerprint density at radius 1 is 0.612 bits per heavy atom. The number of amides is 4. The topological polar surface area (TPSA) is 163 Å². The maximum atomic E-state index is 12.2. The van der Waals surface area contributed by atoms with Crippen LogP contribution >= 0.6 is 0 Å². The van der Waals surface area contributed by atoms with Gasteiger partial charge in [-0.15, -0.1) is 0 Å². The predicted octanol–water partition coefficient (Wildman–Crippen LogP) is 3.63. The number of hydrogen-bond donors (Lipinski definition) is 4. The molecule has 2 aliphatic carbocycles.